The minimum absolute atomic E-state index is 0.00995. The maximum Gasteiger partial charge on any atom is 0.306 e. The minimum Gasteiger partial charge on any atom is -0.466 e. The fourth-order valence-corrected chi connectivity index (χ4v) is 1.93. The Balaban J connectivity index is 2.45. The zero-order valence-corrected chi connectivity index (χ0v) is 11.3. The number of esters is 1. The predicted octanol–water partition coefficient (Wildman–Crippen LogP) is 3.04. The molecule has 0 amide bonds. The molecule has 1 aromatic rings. The lowest BCUT2D eigenvalue weighted by Crippen LogP contribution is -2.11. The fraction of sp³-hybridized carbons (Fsp3) is 0.385. The van der Waals surface area contributed by atoms with E-state index in [0.29, 0.717) is 6.61 Å². The molecule has 0 heterocycles. The van der Waals surface area contributed by atoms with Crippen molar-refractivity contribution in [3.8, 4) is 0 Å². The summed E-state index contributed by atoms with van der Waals surface area (Å²) in [5.41, 5.74) is 0.904. The summed E-state index contributed by atoms with van der Waals surface area (Å²) < 4.78 is 4.77. The van der Waals surface area contributed by atoms with Crippen LogP contribution in [0, 0.1) is 0 Å². The summed E-state index contributed by atoms with van der Waals surface area (Å²) in [6.07, 6.45) is 0.339. The molecule has 0 aliphatic rings. The molecule has 0 aliphatic carbocycles. The molecule has 1 unspecified atom stereocenters. The van der Waals surface area contributed by atoms with Gasteiger partial charge in [0.1, 0.15) is 0 Å². The number of carbonyl (C=O) groups excluding carboxylic acids is 2. The van der Waals surface area contributed by atoms with Crippen molar-refractivity contribution >= 4 is 27.7 Å². The van der Waals surface area contributed by atoms with Crippen LogP contribution in [-0.4, -0.2) is 18.4 Å². The second kappa shape index (κ2) is 7.22. The first-order valence-electron chi connectivity index (χ1n) is 5.52. The molecule has 1 atom stereocenters. The van der Waals surface area contributed by atoms with Gasteiger partial charge in [-0.25, -0.2) is 0 Å². The van der Waals surface area contributed by atoms with E-state index in [1.807, 2.05) is 30.3 Å². The molecule has 3 nitrogen and oxygen atoms in total. The van der Waals surface area contributed by atoms with Gasteiger partial charge in [-0.1, -0.05) is 46.3 Å². The largest absolute Gasteiger partial charge is 0.466 e. The van der Waals surface area contributed by atoms with Crippen molar-refractivity contribution in [1.82, 2.24) is 0 Å². The molecule has 0 N–H and O–H groups in total. The van der Waals surface area contributed by atoms with E-state index in [1.54, 1.807) is 6.92 Å². The summed E-state index contributed by atoms with van der Waals surface area (Å²) >= 11 is 3.34. The lowest BCUT2D eigenvalue weighted by molar-refractivity contribution is -0.144. The monoisotopic (exact) mass is 298 g/mol. The highest BCUT2D eigenvalue weighted by Gasteiger charge is 2.17. The van der Waals surface area contributed by atoms with Gasteiger partial charge >= 0.3 is 5.97 Å². The predicted molar refractivity (Wildman–Crippen MR) is 69.0 cm³/mol. The third kappa shape index (κ3) is 4.69. The van der Waals surface area contributed by atoms with Crippen molar-refractivity contribution in [2.24, 2.45) is 0 Å². The van der Waals surface area contributed by atoms with Crippen LogP contribution in [-0.2, 0) is 14.3 Å². The van der Waals surface area contributed by atoms with E-state index in [4.69, 9.17) is 4.74 Å². The highest BCUT2D eigenvalue weighted by molar-refractivity contribution is 9.09. The average Bonchev–Trinajstić information content (AvgIpc) is 2.36. The van der Waals surface area contributed by atoms with Gasteiger partial charge in [0.05, 0.1) is 17.9 Å². The number of carbonyl (C=O) groups is 2. The molecule has 1 rings (SSSR count). The Kier molecular flexibility index (Phi) is 5.91. The van der Waals surface area contributed by atoms with Crippen LogP contribution in [0.3, 0.4) is 0 Å². The van der Waals surface area contributed by atoms with Crippen molar-refractivity contribution in [1.29, 1.82) is 0 Å². The molecular formula is C13H15BrO3. The summed E-state index contributed by atoms with van der Waals surface area (Å²) in [6, 6.07) is 9.40. The average molecular weight is 299 g/mol. The summed E-state index contributed by atoms with van der Waals surface area (Å²) in [5, 5.41) is 0. The highest BCUT2D eigenvalue weighted by Crippen LogP contribution is 2.25. The van der Waals surface area contributed by atoms with Gasteiger partial charge in [-0.3, -0.25) is 9.59 Å². The maximum absolute atomic E-state index is 11.8. The molecule has 0 aliphatic heterocycles. The highest BCUT2D eigenvalue weighted by atomic mass is 79.9. The standard InChI is InChI=1S/C13H15BrO3/c1-2-17-12(16)9-8-11(15)13(14)10-6-4-3-5-7-10/h3-7,13H,2,8-9H2,1H3. The van der Waals surface area contributed by atoms with Gasteiger partial charge < -0.3 is 4.74 Å². The first-order chi connectivity index (χ1) is 8.15. The number of rotatable bonds is 6. The molecule has 4 heteroatoms. The van der Waals surface area contributed by atoms with Crippen molar-refractivity contribution in [2.45, 2.75) is 24.6 Å². The number of ketones is 1. The van der Waals surface area contributed by atoms with Crippen LogP contribution in [0.2, 0.25) is 0 Å². The summed E-state index contributed by atoms with van der Waals surface area (Å²) in [4.78, 5) is 22.6. The van der Waals surface area contributed by atoms with Gasteiger partial charge in [-0.15, -0.1) is 0 Å². The normalized spacial score (nSPS) is 11.9. The SMILES string of the molecule is CCOC(=O)CCC(=O)C(Br)c1ccccc1. The Morgan fingerprint density at radius 3 is 2.47 bits per heavy atom. The van der Waals surface area contributed by atoms with Gasteiger partial charge in [-0.05, 0) is 12.5 Å². The molecule has 0 saturated carbocycles. The number of alkyl halides is 1. The first kappa shape index (κ1) is 13.9. The van der Waals surface area contributed by atoms with Crippen LogP contribution >= 0.6 is 15.9 Å². The van der Waals surface area contributed by atoms with Crippen molar-refractivity contribution in [3.63, 3.8) is 0 Å². The number of hydrogen-bond donors (Lipinski definition) is 0. The quantitative estimate of drug-likeness (QED) is 0.599. The molecular weight excluding hydrogens is 284 g/mol. The van der Waals surface area contributed by atoms with Gasteiger partial charge in [0.15, 0.2) is 5.78 Å². The van der Waals surface area contributed by atoms with Crippen LogP contribution in [0.5, 0.6) is 0 Å². The van der Waals surface area contributed by atoms with E-state index in [1.165, 1.54) is 0 Å². The summed E-state index contributed by atoms with van der Waals surface area (Å²) in [5.74, 6) is -0.335. The number of Topliss-reactive ketones (excluding diaryl/α,β-unsaturated/α-hetero) is 1. The van der Waals surface area contributed by atoms with Gasteiger partial charge in [0, 0.05) is 6.42 Å². The van der Waals surface area contributed by atoms with Gasteiger partial charge in [0.2, 0.25) is 0 Å². The van der Waals surface area contributed by atoms with Crippen LogP contribution in [0.25, 0.3) is 0 Å². The van der Waals surface area contributed by atoms with Crippen molar-refractivity contribution in [2.75, 3.05) is 6.61 Å². The molecule has 92 valence electrons. The molecule has 0 saturated heterocycles. The summed E-state index contributed by atoms with van der Waals surface area (Å²) in [6.45, 7) is 2.10. The maximum atomic E-state index is 11.8. The number of ether oxygens (including phenoxy) is 1. The third-order valence-corrected chi connectivity index (χ3v) is 3.30. The first-order valence-corrected chi connectivity index (χ1v) is 6.44. The molecule has 17 heavy (non-hydrogen) atoms. The Labute approximate surface area is 109 Å². The van der Waals surface area contributed by atoms with Crippen LogP contribution in [0.15, 0.2) is 30.3 Å². The topological polar surface area (TPSA) is 43.4 Å². The second-order valence-electron chi connectivity index (χ2n) is 3.54. The third-order valence-electron chi connectivity index (χ3n) is 2.26. The lowest BCUT2D eigenvalue weighted by atomic mass is 10.1. The van der Waals surface area contributed by atoms with Gasteiger partial charge in [0.25, 0.3) is 0 Å². The van der Waals surface area contributed by atoms with Crippen LogP contribution < -0.4 is 0 Å². The van der Waals surface area contributed by atoms with Crippen LogP contribution in [0.4, 0.5) is 0 Å². The Morgan fingerprint density at radius 2 is 1.88 bits per heavy atom. The molecule has 0 radical (unpaired) electrons. The van der Waals surface area contributed by atoms with E-state index in [0.717, 1.165) is 5.56 Å². The molecule has 1 aromatic carbocycles. The van der Waals surface area contributed by atoms with Crippen LogP contribution in [0.1, 0.15) is 30.2 Å². The number of benzene rings is 1. The second-order valence-corrected chi connectivity index (χ2v) is 4.46. The Morgan fingerprint density at radius 1 is 1.24 bits per heavy atom. The van der Waals surface area contributed by atoms with E-state index in [2.05, 4.69) is 15.9 Å². The number of hydrogen-bond acceptors (Lipinski definition) is 3. The molecule has 0 aromatic heterocycles. The molecule has 0 bridgehead atoms. The Bertz CT molecular complexity index is 376. The van der Waals surface area contributed by atoms with E-state index < -0.39 is 0 Å². The van der Waals surface area contributed by atoms with Gasteiger partial charge in [-0.2, -0.15) is 0 Å². The summed E-state index contributed by atoms with van der Waals surface area (Å²) in [7, 11) is 0. The van der Waals surface area contributed by atoms with Crippen molar-refractivity contribution < 1.29 is 14.3 Å². The fourth-order valence-electron chi connectivity index (χ4n) is 1.39. The minimum atomic E-state index is -0.349. The Hall–Kier alpha value is -1.16. The van der Waals surface area contributed by atoms with E-state index in [9.17, 15) is 9.59 Å². The zero-order chi connectivity index (χ0) is 12.7. The van der Waals surface area contributed by atoms with E-state index >= 15 is 0 Å². The van der Waals surface area contributed by atoms with Crippen molar-refractivity contribution in [3.05, 3.63) is 35.9 Å². The van der Waals surface area contributed by atoms with E-state index in [-0.39, 0.29) is 29.4 Å². The molecule has 0 spiro atoms. The lowest BCUT2D eigenvalue weighted by Gasteiger charge is -2.08. The smallest absolute Gasteiger partial charge is 0.306 e. The number of halogens is 1. The molecule has 0 fully saturated rings. The zero-order valence-electron chi connectivity index (χ0n) is 9.69.